The van der Waals surface area contributed by atoms with Gasteiger partial charge in [0.25, 0.3) is 5.91 Å². The van der Waals surface area contributed by atoms with Gasteiger partial charge in [0, 0.05) is 30.3 Å². The van der Waals surface area contributed by atoms with E-state index in [0.29, 0.717) is 11.3 Å². The molecule has 2 fully saturated rings. The van der Waals surface area contributed by atoms with Crippen molar-refractivity contribution in [3.05, 3.63) is 29.8 Å². The van der Waals surface area contributed by atoms with Crippen LogP contribution in [0.2, 0.25) is 0 Å². The van der Waals surface area contributed by atoms with Crippen molar-refractivity contribution in [2.45, 2.75) is 25.7 Å². The van der Waals surface area contributed by atoms with Gasteiger partial charge in [-0.1, -0.05) is 0 Å². The highest BCUT2D eigenvalue weighted by Gasteiger charge is 2.29. The lowest BCUT2D eigenvalue weighted by molar-refractivity contribution is -0.129. The van der Waals surface area contributed by atoms with Crippen LogP contribution in [-0.2, 0) is 9.59 Å². The minimum absolute atomic E-state index is 0.0268. The van der Waals surface area contributed by atoms with Gasteiger partial charge in [0.2, 0.25) is 11.8 Å². The summed E-state index contributed by atoms with van der Waals surface area (Å²) in [5.41, 5.74) is 1.16. The Labute approximate surface area is 135 Å². The maximum absolute atomic E-state index is 12.0. The second-order valence-electron chi connectivity index (χ2n) is 6.11. The monoisotopic (exact) mass is 315 g/mol. The highest BCUT2D eigenvalue weighted by Crippen LogP contribution is 2.30. The first-order valence-electron chi connectivity index (χ1n) is 8.10. The lowest BCUT2D eigenvalue weighted by atomic mass is 10.2. The van der Waals surface area contributed by atoms with Crippen molar-refractivity contribution in [1.29, 1.82) is 0 Å². The van der Waals surface area contributed by atoms with Crippen LogP contribution in [-0.4, -0.2) is 42.3 Å². The summed E-state index contributed by atoms with van der Waals surface area (Å²) < 4.78 is 0. The molecular formula is C17H21N3O3. The quantitative estimate of drug-likeness (QED) is 0.862. The largest absolute Gasteiger partial charge is 0.343 e. The zero-order valence-corrected chi connectivity index (χ0v) is 13.0. The van der Waals surface area contributed by atoms with Gasteiger partial charge in [-0.15, -0.1) is 0 Å². The number of nitrogens with zero attached hydrogens (tertiary/aromatic N) is 1. The third-order valence-corrected chi connectivity index (χ3v) is 4.22. The Balaban J connectivity index is 1.48. The minimum Gasteiger partial charge on any atom is -0.343 e. The van der Waals surface area contributed by atoms with Crippen molar-refractivity contribution < 1.29 is 14.4 Å². The summed E-state index contributed by atoms with van der Waals surface area (Å²) in [4.78, 5) is 37.4. The standard InChI is InChI=1S/C17H21N3O3/c21-15(20-9-1-2-10-20)11-18-16(22)12-5-7-14(8-6-12)19-17(23)13-3-4-13/h5-8,13H,1-4,9-11H2,(H,18,22)(H,19,23). The summed E-state index contributed by atoms with van der Waals surface area (Å²) in [5.74, 6) is -0.130. The fourth-order valence-corrected chi connectivity index (χ4v) is 2.63. The van der Waals surface area contributed by atoms with Gasteiger partial charge in [0.05, 0.1) is 6.54 Å². The van der Waals surface area contributed by atoms with Crippen LogP contribution in [0.4, 0.5) is 5.69 Å². The molecule has 0 radical (unpaired) electrons. The van der Waals surface area contributed by atoms with Crippen LogP contribution in [0.25, 0.3) is 0 Å². The SMILES string of the molecule is O=C(NCC(=O)N1CCCC1)c1ccc(NC(=O)C2CC2)cc1. The van der Waals surface area contributed by atoms with Crippen molar-refractivity contribution in [3.63, 3.8) is 0 Å². The van der Waals surface area contributed by atoms with Crippen LogP contribution in [0.5, 0.6) is 0 Å². The molecule has 0 bridgehead atoms. The minimum atomic E-state index is -0.280. The summed E-state index contributed by atoms with van der Waals surface area (Å²) in [6, 6.07) is 6.71. The number of nitrogens with one attached hydrogen (secondary N) is 2. The van der Waals surface area contributed by atoms with Crippen LogP contribution in [0.3, 0.4) is 0 Å². The number of benzene rings is 1. The molecule has 1 heterocycles. The van der Waals surface area contributed by atoms with E-state index in [2.05, 4.69) is 10.6 Å². The molecule has 1 saturated carbocycles. The molecule has 1 aliphatic carbocycles. The smallest absolute Gasteiger partial charge is 0.251 e. The molecule has 0 atom stereocenters. The average molecular weight is 315 g/mol. The van der Waals surface area contributed by atoms with Crippen molar-refractivity contribution in [3.8, 4) is 0 Å². The number of carbonyl (C=O) groups is 3. The molecule has 3 amide bonds. The molecule has 0 aromatic heterocycles. The molecule has 2 N–H and O–H groups in total. The van der Waals surface area contributed by atoms with Gasteiger partial charge in [0.15, 0.2) is 0 Å². The van der Waals surface area contributed by atoms with Crippen molar-refractivity contribution in [2.75, 3.05) is 25.0 Å². The first kappa shape index (κ1) is 15.5. The number of amides is 3. The van der Waals surface area contributed by atoms with E-state index in [1.165, 1.54) is 0 Å². The fraction of sp³-hybridized carbons (Fsp3) is 0.471. The second kappa shape index (κ2) is 6.81. The molecule has 3 rings (SSSR count). The molecule has 1 aromatic carbocycles. The van der Waals surface area contributed by atoms with Gasteiger partial charge < -0.3 is 15.5 Å². The first-order valence-corrected chi connectivity index (χ1v) is 8.10. The third kappa shape index (κ3) is 4.09. The number of likely N-dealkylation sites (tertiary alicyclic amines) is 1. The summed E-state index contributed by atoms with van der Waals surface area (Å²) in [7, 11) is 0. The fourth-order valence-electron chi connectivity index (χ4n) is 2.63. The Kier molecular flexibility index (Phi) is 4.60. The van der Waals surface area contributed by atoms with E-state index in [-0.39, 0.29) is 30.2 Å². The molecule has 23 heavy (non-hydrogen) atoms. The summed E-state index contributed by atoms with van der Waals surface area (Å²) in [6.07, 6.45) is 3.98. The summed E-state index contributed by atoms with van der Waals surface area (Å²) in [5, 5.41) is 5.47. The molecule has 6 heteroatoms. The highest BCUT2D eigenvalue weighted by molar-refractivity contribution is 5.98. The Morgan fingerprint density at radius 1 is 1.04 bits per heavy atom. The van der Waals surface area contributed by atoms with Gasteiger partial charge in [-0.05, 0) is 49.9 Å². The van der Waals surface area contributed by atoms with E-state index in [0.717, 1.165) is 38.8 Å². The van der Waals surface area contributed by atoms with Crippen molar-refractivity contribution in [2.24, 2.45) is 5.92 Å². The third-order valence-electron chi connectivity index (χ3n) is 4.22. The Hall–Kier alpha value is -2.37. The molecule has 0 spiro atoms. The van der Waals surface area contributed by atoms with Gasteiger partial charge in [-0.25, -0.2) is 0 Å². The van der Waals surface area contributed by atoms with Crippen molar-refractivity contribution in [1.82, 2.24) is 10.2 Å². The van der Waals surface area contributed by atoms with E-state index in [4.69, 9.17) is 0 Å². The van der Waals surface area contributed by atoms with Gasteiger partial charge in [-0.2, -0.15) is 0 Å². The lowest BCUT2D eigenvalue weighted by Gasteiger charge is -2.15. The molecule has 122 valence electrons. The Bertz CT molecular complexity index is 602. The summed E-state index contributed by atoms with van der Waals surface area (Å²) in [6.45, 7) is 1.59. The van der Waals surface area contributed by atoms with Gasteiger partial charge >= 0.3 is 0 Å². The number of rotatable bonds is 5. The topological polar surface area (TPSA) is 78.5 Å². The Morgan fingerprint density at radius 3 is 2.30 bits per heavy atom. The summed E-state index contributed by atoms with van der Waals surface area (Å²) >= 11 is 0. The molecule has 2 aliphatic rings. The Morgan fingerprint density at radius 2 is 1.70 bits per heavy atom. The zero-order valence-electron chi connectivity index (χ0n) is 13.0. The number of carbonyl (C=O) groups excluding carboxylic acids is 3. The molecule has 1 saturated heterocycles. The van der Waals surface area contributed by atoms with Crippen LogP contribution in [0, 0.1) is 5.92 Å². The van der Waals surface area contributed by atoms with E-state index < -0.39 is 0 Å². The zero-order chi connectivity index (χ0) is 16.2. The van der Waals surface area contributed by atoms with E-state index in [1.54, 1.807) is 29.2 Å². The molecular weight excluding hydrogens is 294 g/mol. The number of hydrogen-bond acceptors (Lipinski definition) is 3. The highest BCUT2D eigenvalue weighted by atomic mass is 16.2. The van der Waals surface area contributed by atoms with E-state index in [9.17, 15) is 14.4 Å². The van der Waals surface area contributed by atoms with Crippen LogP contribution in [0.1, 0.15) is 36.0 Å². The molecule has 0 unspecified atom stereocenters. The van der Waals surface area contributed by atoms with Crippen LogP contribution in [0.15, 0.2) is 24.3 Å². The number of hydrogen-bond donors (Lipinski definition) is 2. The van der Waals surface area contributed by atoms with Crippen LogP contribution >= 0.6 is 0 Å². The van der Waals surface area contributed by atoms with Gasteiger partial charge in [-0.3, -0.25) is 14.4 Å². The van der Waals surface area contributed by atoms with Crippen LogP contribution < -0.4 is 10.6 Å². The van der Waals surface area contributed by atoms with Crippen molar-refractivity contribution >= 4 is 23.4 Å². The average Bonchev–Trinajstić information content (AvgIpc) is 3.28. The molecule has 1 aliphatic heterocycles. The maximum Gasteiger partial charge on any atom is 0.251 e. The predicted molar refractivity (Wildman–Crippen MR) is 85.9 cm³/mol. The normalized spacial score (nSPS) is 17.0. The first-order chi connectivity index (χ1) is 11.1. The lowest BCUT2D eigenvalue weighted by Crippen LogP contribution is -2.38. The number of anilines is 1. The maximum atomic E-state index is 12.0. The van der Waals surface area contributed by atoms with E-state index in [1.807, 2.05) is 0 Å². The predicted octanol–water partition coefficient (Wildman–Crippen LogP) is 1.39. The van der Waals surface area contributed by atoms with E-state index >= 15 is 0 Å². The van der Waals surface area contributed by atoms with Gasteiger partial charge in [0.1, 0.15) is 0 Å². The molecule has 1 aromatic rings. The second-order valence-corrected chi connectivity index (χ2v) is 6.11. The molecule has 6 nitrogen and oxygen atoms in total.